The van der Waals surface area contributed by atoms with E-state index in [2.05, 4.69) is 33.7 Å². The number of benzene rings is 2. The van der Waals surface area contributed by atoms with Gasteiger partial charge in [0.15, 0.2) is 0 Å². The van der Waals surface area contributed by atoms with Crippen LogP contribution in [0.2, 0.25) is 0 Å². The summed E-state index contributed by atoms with van der Waals surface area (Å²) >= 11 is 0. The minimum Gasteiger partial charge on any atom is -0.489 e. The summed E-state index contributed by atoms with van der Waals surface area (Å²) in [6.07, 6.45) is 4.42. The Morgan fingerprint density at radius 3 is 2.78 bits per heavy atom. The standard InChI is InChI=1S/C35H41FN6O3/c1-7-16-45-28-11-9-10-26(36)30(28)25-17-27(40-32-20(3)12-14-39-34(32)23(6)43)31-33(22(25)5)38-15-13-24-19-41(29(44)8-2)18-21(4)42(24)35(31)37/h7-12,14,17,21,23-24,37-38,40,43H,1-2,13,15-16,18-19H2,3-6H3. The summed E-state index contributed by atoms with van der Waals surface area (Å²) < 4.78 is 21.6. The van der Waals surface area contributed by atoms with E-state index in [9.17, 15) is 15.3 Å². The first-order valence-corrected chi connectivity index (χ1v) is 15.2. The van der Waals surface area contributed by atoms with E-state index in [4.69, 9.17) is 4.74 Å². The van der Waals surface area contributed by atoms with Crippen LogP contribution in [0.4, 0.5) is 21.5 Å². The first-order chi connectivity index (χ1) is 21.6. The van der Waals surface area contributed by atoms with Crippen LogP contribution in [0.3, 0.4) is 0 Å². The molecule has 0 spiro atoms. The van der Waals surface area contributed by atoms with E-state index in [1.54, 1.807) is 36.2 Å². The molecular formula is C35H41FN6O3. The van der Waals surface area contributed by atoms with Crippen molar-refractivity contribution >= 4 is 28.8 Å². The van der Waals surface area contributed by atoms with Crippen molar-refractivity contribution in [2.24, 2.45) is 0 Å². The van der Waals surface area contributed by atoms with Crippen LogP contribution < -0.4 is 15.4 Å². The van der Waals surface area contributed by atoms with E-state index in [0.717, 1.165) is 11.1 Å². The van der Waals surface area contributed by atoms with Gasteiger partial charge in [0.1, 0.15) is 24.0 Å². The van der Waals surface area contributed by atoms with E-state index < -0.39 is 11.9 Å². The third-order valence-electron chi connectivity index (χ3n) is 8.58. The van der Waals surface area contributed by atoms with Crippen LogP contribution >= 0.6 is 0 Å². The molecule has 45 heavy (non-hydrogen) atoms. The average molecular weight is 613 g/mol. The molecule has 236 valence electrons. The highest BCUT2D eigenvalue weighted by Gasteiger charge is 2.38. The number of aryl methyl sites for hydroxylation is 1. The fourth-order valence-corrected chi connectivity index (χ4v) is 6.45. The number of pyridine rings is 1. The molecule has 0 saturated carbocycles. The normalized spacial score (nSPS) is 18.5. The summed E-state index contributed by atoms with van der Waals surface area (Å²) in [6.45, 7) is 16.6. The van der Waals surface area contributed by atoms with E-state index in [1.165, 1.54) is 12.1 Å². The van der Waals surface area contributed by atoms with Crippen molar-refractivity contribution in [2.45, 2.75) is 52.3 Å². The van der Waals surface area contributed by atoms with E-state index >= 15 is 4.39 Å². The molecule has 5 rings (SSSR count). The van der Waals surface area contributed by atoms with Gasteiger partial charge < -0.3 is 30.3 Å². The van der Waals surface area contributed by atoms with Crippen LogP contribution in [0.25, 0.3) is 11.1 Å². The average Bonchev–Trinajstić information content (AvgIpc) is 3.00. The molecule has 3 unspecified atom stereocenters. The molecule has 0 radical (unpaired) electrons. The van der Waals surface area contributed by atoms with Gasteiger partial charge in [-0.2, -0.15) is 0 Å². The van der Waals surface area contributed by atoms with Gasteiger partial charge in [0.25, 0.3) is 0 Å². The first-order valence-electron chi connectivity index (χ1n) is 15.2. The minimum atomic E-state index is -0.859. The number of carbonyl (C=O) groups excluding carboxylic acids is 1. The molecule has 3 aromatic rings. The summed E-state index contributed by atoms with van der Waals surface area (Å²) in [6, 6.07) is 8.20. The number of hydrogen-bond donors (Lipinski definition) is 4. The number of nitrogens with one attached hydrogen (secondary N) is 3. The van der Waals surface area contributed by atoms with Gasteiger partial charge in [-0.05, 0) is 81.1 Å². The monoisotopic (exact) mass is 612 g/mol. The Balaban J connectivity index is 1.74. The summed E-state index contributed by atoms with van der Waals surface area (Å²) in [7, 11) is 0. The second kappa shape index (κ2) is 13.1. The number of carbonyl (C=O) groups is 1. The van der Waals surface area contributed by atoms with Crippen molar-refractivity contribution in [1.29, 1.82) is 5.41 Å². The molecule has 3 atom stereocenters. The van der Waals surface area contributed by atoms with Gasteiger partial charge in [-0.25, -0.2) is 4.39 Å². The van der Waals surface area contributed by atoms with Gasteiger partial charge >= 0.3 is 0 Å². The van der Waals surface area contributed by atoms with Gasteiger partial charge in [-0.1, -0.05) is 25.3 Å². The fraction of sp³-hybridized carbons (Fsp3) is 0.343. The Morgan fingerprint density at radius 1 is 1.29 bits per heavy atom. The number of anilines is 3. The van der Waals surface area contributed by atoms with Gasteiger partial charge in [-0.3, -0.25) is 15.2 Å². The predicted octanol–water partition coefficient (Wildman–Crippen LogP) is 6.09. The number of halogens is 1. The number of hydrogen-bond acceptors (Lipinski definition) is 7. The molecular weight excluding hydrogens is 571 g/mol. The van der Waals surface area contributed by atoms with Crippen LogP contribution in [0.1, 0.15) is 48.8 Å². The molecule has 3 heterocycles. The van der Waals surface area contributed by atoms with Crippen molar-refractivity contribution in [2.75, 3.05) is 36.9 Å². The van der Waals surface area contributed by atoms with Crippen LogP contribution in [-0.4, -0.2) is 70.0 Å². The van der Waals surface area contributed by atoms with Gasteiger partial charge in [0, 0.05) is 31.9 Å². The fourth-order valence-electron chi connectivity index (χ4n) is 6.45. The van der Waals surface area contributed by atoms with Crippen LogP contribution in [0.15, 0.2) is 61.8 Å². The highest BCUT2D eigenvalue weighted by molar-refractivity contribution is 6.10. The molecule has 4 N–H and O–H groups in total. The summed E-state index contributed by atoms with van der Waals surface area (Å²) in [5, 5.41) is 27.4. The van der Waals surface area contributed by atoms with Crippen LogP contribution in [0, 0.1) is 25.1 Å². The zero-order valence-corrected chi connectivity index (χ0v) is 26.3. The topological polar surface area (TPSA) is 114 Å². The number of nitrogens with zero attached hydrogens (tertiary/aromatic N) is 3. The molecule has 0 bridgehead atoms. The Morgan fingerprint density at radius 2 is 2.07 bits per heavy atom. The van der Waals surface area contributed by atoms with Crippen molar-refractivity contribution < 1.29 is 19.0 Å². The number of piperazine rings is 1. The van der Waals surface area contributed by atoms with Gasteiger partial charge in [-0.15, -0.1) is 0 Å². The Hall–Kier alpha value is -4.70. The summed E-state index contributed by atoms with van der Waals surface area (Å²) in [5.41, 5.74) is 5.46. The number of rotatable bonds is 8. The number of amidine groups is 1. The lowest BCUT2D eigenvalue weighted by Gasteiger charge is -2.48. The number of ether oxygens (including phenoxy) is 1. The Bertz CT molecular complexity index is 1650. The number of fused-ring (bicyclic) bond motifs is 2. The second-order valence-electron chi connectivity index (χ2n) is 11.7. The lowest BCUT2D eigenvalue weighted by Crippen LogP contribution is -2.61. The smallest absolute Gasteiger partial charge is 0.246 e. The van der Waals surface area contributed by atoms with Gasteiger partial charge in [0.2, 0.25) is 5.91 Å². The van der Waals surface area contributed by atoms with Crippen molar-refractivity contribution in [1.82, 2.24) is 14.8 Å². The number of aliphatic hydroxyl groups is 1. The molecule has 1 saturated heterocycles. The second-order valence-corrected chi connectivity index (χ2v) is 11.7. The Kier molecular flexibility index (Phi) is 9.24. The van der Waals surface area contributed by atoms with Crippen molar-refractivity contribution in [3.8, 4) is 16.9 Å². The predicted molar refractivity (Wildman–Crippen MR) is 177 cm³/mol. The van der Waals surface area contributed by atoms with Crippen molar-refractivity contribution in [3.05, 3.63) is 90.0 Å². The molecule has 1 fully saturated rings. The number of amides is 1. The molecule has 2 aromatic carbocycles. The quantitative estimate of drug-likeness (QED) is 0.180. The van der Waals surface area contributed by atoms with E-state index in [1.807, 2.05) is 32.9 Å². The van der Waals surface area contributed by atoms with Crippen molar-refractivity contribution in [3.63, 3.8) is 0 Å². The van der Waals surface area contributed by atoms with Crippen LogP contribution in [0.5, 0.6) is 5.75 Å². The lowest BCUT2D eigenvalue weighted by molar-refractivity contribution is -0.129. The number of aromatic nitrogens is 1. The largest absolute Gasteiger partial charge is 0.489 e. The molecule has 2 aliphatic rings. The molecule has 2 aliphatic heterocycles. The molecule has 10 heteroatoms. The maximum atomic E-state index is 15.7. The zero-order valence-electron chi connectivity index (χ0n) is 26.3. The third-order valence-corrected chi connectivity index (χ3v) is 8.58. The highest BCUT2D eigenvalue weighted by atomic mass is 19.1. The van der Waals surface area contributed by atoms with E-state index in [0.29, 0.717) is 71.3 Å². The molecule has 0 aliphatic carbocycles. The van der Waals surface area contributed by atoms with E-state index in [-0.39, 0.29) is 30.4 Å². The maximum absolute atomic E-state index is 15.7. The lowest BCUT2D eigenvalue weighted by atomic mass is 9.90. The van der Waals surface area contributed by atoms with Crippen LogP contribution in [-0.2, 0) is 4.79 Å². The highest BCUT2D eigenvalue weighted by Crippen LogP contribution is 2.44. The minimum absolute atomic E-state index is 0.0998. The summed E-state index contributed by atoms with van der Waals surface area (Å²) in [5.74, 6) is 0.104. The molecule has 1 aromatic heterocycles. The summed E-state index contributed by atoms with van der Waals surface area (Å²) in [4.78, 5) is 20.9. The SMILES string of the molecule is C=CCOc1cccc(F)c1-c1cc(Nc2c(C)ccnc2C(C)O)c2c(c1C)NCCC1CN(C(=O)C=C)CC(C)N1C2=N. The Labute approximate surface area is 263 Å². The first kappa shape index (κ1) is 31.7. The molecule has 9 nitrogen and oxygen atoms in total. The third kappa shape index (κ3) is 6.02. The number of aliphatic hydroxyl groups excluding tert-OH is 1. The van der Waals surface area contributed by atoms with Gasteiger partial charge in [0.05, 0.1) is 46.0 Å². The maximum Gasteiger partial charge on any atom is 0.246 e. The zero-order chi connectivity index (χ0) is 32.4. The molecule has 1 amide bonds.